The highest BCUT2D eigenvalue weighted by molar-refractivity contribution is 7.92. The number of carbonyl (C=O) groups is 1. The smallest absolute Gasteiger partial charge is 0.407 e. The van der Waals surface area contributed by atoms with E-state index in [0.717, 1.165) is 16.7 Å². The molecule has 0 aliphatic heterocycles. The Balaban J connectivity index is 1.53. The van der Waals surface area contributed by atoms with Crippen LogP contribution in [0.15, 0.2) is 52.1 Å². The van der Waals surface area contributed by atoms with Gasteiger partial charge in [-0.25, -0.2) is 13.2 Å². The number of carbonyl (C=O) groups excluding carboxylic acids is 1. The molecule has 4 rings (SSSR count). The SMILES string of the molecule is COc1cc2c(NS(=O)(=O)c3cc(C)ccc3OC)noc2cc1Cn1cc(CNC(=O)OC(C)(C)C)cn1. The molecule has 2 heterocycles. The number of anilines is 1. The van der Waals surface area contributed by atoms with E-state index in [2.05, 4.69) is 20.3 Å². The highest BCUT2D eigenvalue weighted by Crippen LogP contribution is 2.33. The van der Waals surface area contributed by atoms with Crippen LogP contribution in [0.25, 0.3) is 11.0 Å². The molecule has 0 aliphatic carbocycles. The summed E-state index contributed by atoms with van der Waals surface area (Å²) in [5.41, 5.74) is 2.04. The minimum absolute atomic E-state index is 0.0135. The Morgan fingerprint density at radius 2 is 1.85 bits per heavy atom. The Bertz CT molecular complexity index is 1600. The topological polar surface area (TPSA) is 147 Å². The molecule has 0 saturated carbocycles. The number of aromatic nitrogens is 3. The summed E-state index contributed by atoms with van der Waals surface area (Å²) in [6.45, 7) is 7.75. The van der Waals surface area contributed by atoms with Gasteiger partial charge in [-0.2, -0.15) is 5.10 Å². The van der Waals surface area contributed by atoms with E-state index in [9.17, 15) is 13.2 Å². The second-order valence-electron chi connectivity index (χ2n) is 9.85. The number of ether oxygens (including phenoxy) is 3. The number of aryl methyl sites for hydroxylation is 1. The number of amides is 1. The fraction of sp³-hybridized carbons (Fsp3) is 0.346. The average molecular weight is 558 g/mol. The lowest BCUT2D eigenvalue weighted by atomic mass is 10.1. The molecule has 0 radical (unpaired) electrons. The van der Waals surface area contributed by atoms with Crippen LogP contribution < -0.4 is 19.5 Å². The van der Waals surface area contributed by atoms with Crippen molar-refractivity contribution in [3.05, 3.63) is 59.4 Å². The van der Waals surface area contributed by atoms with Gasteiger partial charge in [-0.05, 0) is 57.5 Å². The van der Waals surface area contributed by atoms with Crippen molar-refractivity contribution in [3.8, 4) is 11.5 Å². The molecular weight excluding hydrogens is 526 g/mol. The molecule has 0 aliphatic rings. The number of methoxy groups -OCH3 is 2. The van der Waals surface area contributed by atoms with E-state index in [1.54, 1.807) is 69.0 Å². The summed E-state index contributed by atoms with van der Waals surface area (Å²) < 4.78 is 52.0. The molecule has 2 aromatic carbocycles. The van der Waals surface area contributed by atoms with E-state index >= 15 is 0 Å². The van der Waals surface area contributed by atoms with Crippen LogP contribution >= 0.6 is 0 Å². The Morgan fingerprint density at radius 3 is 2.54 bits per heavy atom. The number of hydrogen-bond acceptors (Lipinski definition) is 9. The number of benzene rings is 2. The molecule has 12 nitrogen and oxygen atoms in total. The summed E-state index contributed by atoms with van der Waals surface area (Å²) in [6, 6.07) is 8.24. The van der Waals surface area contributed by atoms with Gasteiger partial charge in [0.25, 0.3) is 10.0 Å². The van der Waals surface area contributed by atoms with E-state index < -0.39 is 21.7 Å². The lowest BCUT2D eigenvalue weighted by molar-refractivity contribution is 0.0523. The molecule has 39 heavy (non-hydrogen) atoms. The number of alkyl carbamates (subject to hydrolysis) is 1. The van der Waals surface area contributed by atoms with Crippen LogP contribution in [-0.2, 0) is 27.8 Å². The van der Waals surface area contributed by atoms with Gasteiger partial charge in [0.2, 0.25) is 0 Å². The molecule has 208 valence electrons. The van der Waals surface area contributed by atoms with Crippen molar-refractivity contribution < 1.29 is 31.9 Å². The van der Waals surface area contributed by atoms with E-state index in [0.29, 0.717) is 23.3 Å². The number of fused-ring (bicyclic) bond motifs is 1. The van der Waals surface area contributed by atoms with E-state index in [4.69, 9.17) is 18.7 Å². The van der Waals surface area contributed by atoms with Gasteiger partial charge in [-0.3, -0.25) is 9.40 Å². The number of nitrogens with zero attached hydrogens (tertiary/aromatic N) is 3. The van der Waals surface area contributed by atoms with Gasteiger partial charge in [0.1, 0.15) is 22.0 Å². The van der Waals surface area contributed by atoms with Gasteiger partial charge >= 0.3 is 6.09 Å². The zero-order valence-electron chi connectivity index (χ0n) is 22.6. The first-order valence-corrected chi connectivity index (χ1v) is 13.5. The Labute approximate surface area is 226 Å². The second kappa shape index (κ2) is 10.8. The van der Waals surface area contributed by atoms with Crippen LogP contribution in [0, 0.1) is 6.92 Å². The monoisotopic (exact) mass is 557 g/mol. The van der Waals surface area contributed by atoms with Crippen LogP contribution in [0.5, 0.6) is 11.5 Å². The number of sulfonamides is 1. The third-order valence-corrected chi connectivity index (χ3v) is 6.93. The van der Waals surface area contributed by atoms with Gasteiger partial charge in [0, 0.05) is 23.9 Å². The van der Waals surface area contributed by atoms with Gasteiger partial charge in [0.15, 0.2) is 11.4 Å². The van der Waals surface area contributed by atoms with Gasteiger partial charge in [-0.1, -0.05) is 11.2 Å². The Hall–Kier alpha value is -4.26. The van der Waals surface area contributed by atoms with Crippen LogP contribution in [0.1, 0.15) is 37.5 Å². The predicted octanol–water partition coefficient (Wildman–Crippen LogP) is 4.22. The quantitative estimate of drug-likeness (QED) is 0.309. The van der Waals surface area contributed by atoms with Crippen molar-refractivity contribution in [2.75, 3.05) is 18.9 Å². The van der Waals surface area contributed by atoms with Crippen LogP contribution in [0.4, 0.5) is 10.6 Å². The van der Waals surface area contributed by atoms with Crippen molar-refractivity contribution in [2.24, 2.45) is 0 Å². The molecule has 13 heteroatoms. The number of nitrogens with one attached hydrogen (secondary N) is 2. The molecule has 0 saturated heterocycles. The minimum atomic E-state index is -4.03. The average Bonchev–Trinajstić information content (AvgIpc) is 3.47. The van der Waals surface area contributed by atoms with Crippen molar-refractivity contribution in [1.29, 1.82) is 0 Å². The minimum Gasteiger partial charge on any atom is -0.496 e. The van der Waals surface area contributed by atoms with E-state index in [1.165, 1.54) is 20.3 Å². The summed E-state index contributed by atoms with van der Waals surface area (Å²) >= 11 is 0. The normalized spacial score (nSPS) is 11.8. The summed E-state index contributed by atoms with van der Waals surface area (Å²) in [6.07, 6.45) is 2.92. The molecule has 2 N–H and O–H groups in total. The first-order valence-electron chi connectivity index (χ1n) is 12.0. The second-order valence-corrected chi connectivity index (χ2v) is 11.5. The molecule has 0 spiro atoms. The summed E-state index contributed by atoms with van der Waals surface area (Å²) in [4.78, 5) is 11.9. The fourth-order valence-electron chi connectivity index (χ4n) is 3.82. The highest BCUT2D eigenvalue weighted by Gasteiger charge is 2.24. The lowest BCUT2D eigenvalue weighted by Gasteiger charge is -2.19. The molecular formula is C26H31N5O7S. The maximum absolute atomic E-state index is 13.2. The van der Waals surface area contributed by atoms with Crippen molar-refractivity contribution >= 4 is 32.9 Å². The highest BCUT2D eigenvalue weighted by atomic mass is 32.2. The first-order chi connectivity index (χ1) is 18.4. The van der Waals surface area contributed by atoms with Crippen LogP contribution in [-0.4, -0.2) is 49.3 Å². The number of rotatable bonds is 9. The van der Waals surface area contributed by atoms with Crippen LogP contribution in [0.2, 0.25) is 0 Å². The van der Waals surface area contributed by atoms with Crippen molar-refractivity contribution in [3.63, 3.8) is 0 Å². The molecule has 0 atom stereocenters. The summed E-state index contributed by atoms with van der Waals surface area (Å²) in [5, 5.41) is 11.4. The number of hydrogen-bond donors (Lipinski definition) is 2. The molecule has 2 aromatic heterocycles. The van der Waals surface area contributed by atoms with Gasteiger partial charge < -0.3 is 24.1 Å². The van der Waals surface area contributed by atoms with Gasteiger partial charge in [-0.15, -0.1) is 0 Å². The molecule has 0 unspecified atom stereocenters. The summed E-state index contributed by atoms with van der Waals surface area (Å²) in [7, 11) is -1.11. The van der Waals surface area contributed by atoms with Crippen molar-refractivity contribution in [2.45, 2.75) is 51.3 Å². The molecule has 0 fully saturated rings. The Morgan fingerprint density at radius 1 is 1.10 bits per heavy atom. The third kappa shape index (κ3) is 6.60. The fourth-order valence-corrected chi connectivity index (χ4v) is 5.09. The van der Waals surface area contributed by atoms with E-state index in [1.807, 2.05) is 0 Å². The van der Waals surface area contributed by atoms with Crippen molar-refractivity contribution in [1.82, 2.24) is 20.3 Å². The lowest BCUT2D eigenvalue weighted by Crippen LogP contribution is -2.32. The standard InChI is InChI=1S/C26H31N5O7S/c1-16-7-8-20(35-5)23(9-16)39(33,34)30-24-19-11-21(36-6)18(10-22(19)38-29-24)15-31-14-17(13-28-31)12-27-25(32)37-26(2,3)4/h7-11,13-14H,12,15H2,1-6H3,(H,27,32)(H,29,30). The maximum atomic E-state index is 13.2. The molecule has 4 aromatic rings. The molecule has 1 amide bonds. The van der Waals surface area contributed by atoms with Gasteiger partial charge in [0.05, 0.1) is 32.3 Å². The Kier molecular flexibility index (Phi) is 7.72. The summed E-state index contributed by atoms with van der Waals surface area (Å²) in [5.74, 6) is 0.719. The largest absolute Gasteiger partial charge is 0.496 e. The third-order valence-electron chi connectivity index (χ3n) is 5.57. The first kappa shape index (κ1) is 27.8. The van der Waals surface area contributed by atoms with E-state index in [-0.39, 0.29) is 23.0 Å². The molecule has 0 bridgehead atoms. The predicted molar refractivity (Wildman–Crippen MR) is 144 cm³/mol. The zero-order valence-corrected chi connectivity index (χ0v) is 23.4. The maximum Gasteiger partial charge on any atom is 0.407 e. The van der Waals surface area contributed by atoms with Crippen LogP contribution in [0.3, 0.4) is 0 Å². The zero-order chi connectivity index (χ0) is 28.4.